The molecule has 38 heavy (non-hydrogen) atoms. The molecule has 1 aliphatic heterocycles. The Hall–Kier alpha value is -3.65. The molecule has 2 aromatic carbocycles. The maximum Gasteiger partial charge on any atom is 0.264 e. The van der Waals surface area contributed by atoms with E-state index in [2.05, 4.69) is 20.2 Å². The van der Waals surface area contributed by atoms with E-state index in [0.29, 0.717) is 30.9 Å². The standard InChI is InChI=1S/C30H39N5O3/c1-24-32-17-20-34(24)18-10-16-33-30(37)25-13-14-28-26(21-25)22-31-15-8-3-2-4-9-19-35(28)29(36)23-38-27-11-6-5-7-12-27/h5-7,11-14,17,20-21,31H,2-4,8-10,15-16,18-19,22-23H2,1H3,(H,33,37). The quantitative estimate of drug-likeness (QED) is 0.430. The summed E-state index contributed by atoms with van der Waals surface area (Å²) in [5, 5.41) is 6.54. The largest absolute Gasteiger partial charge is 0.484 e. The second-order valence-electron chi connectivity index (χ2n) is 9.71. The first-order valence-corrected chi connectivity index (χ1v) is 13.7. The van der Waals surface area contributed by atoms with Gasteiger partial charge in [-0.25, -0.2) is 4.98 Å². The first-order chi connectivity index (χ1) is 18.6. The number of carbonyl (C=O) groups excluding carboxylic acids is 2. The molecule has 0 saturated heterocycles. The third-order valence-electron chi connectivity index (χ3n) is 6.87. The predicted molar refractivity (Wildman–Crippen MR) is 149 cm³/mol. The number of fused-ring (bicyclic) bond motifs is 1. The number of amides is 2. The van der Waals surface area contributed by atoms with Crippen LogP contribution in [-0.4, -0.2) is 47.6 Å². The molecule has 8 nitrogen and oxygen atoms in total. The SMILES string of the molecule is Cc1nccn1CCCNC(=O)c1ccc2c(c1)CNCCCCCCCN2C(=O)COc1ccccc1. The summed E-state index contributed by atoms with van der Waals surface area (Å²) in [6.07, 6.45) is 10.0. The fourth-order valence-corrected chi connectivity index (χ4v) is 4.72. The molecular weight excluding hydrogens is 478 g/mol. The van der Waals surface area contributed by atoms with E-state index in [0.717, 1.165) is 62.3 Å². The van der Waals surface area contributed by atoms with Gasteiger partial charge in [-0.1, -0.05) is 37.5 Å². The third-order valence-corrected chi connectivity index (χ3v) is 6.87. The van der Waals surface area contributed by atoms with E-state index in [1.54, 1.807) is 6.20 Å². The molecule has 0 spiro atoms. The van der Waals surface area contributed by atoms with Gasteiger partial charge in [-0.3, -0.25) is 9.59 Å². The first kappa shape index (κ1) is 27.4. The van der Waals surface area contributed by atoms with E-state index in [4.69, 9.17) is 4.74 Å². The van der Waals surface area contributed by atoms with Gasteiger partial charge in [0.25, 0.3) is 11.8 Å². The number of para-hydroxylation sites is 1. The van der Waals surface area contributed by atoms with Crippen LogP contribution in [0.2, 0.25) is 0 Å². The van der Waals surface area contributed by atoms with E-state index in [1.807, 2.05) is 66.6 Å². The minimum Gasteiger partial charge on any atom is -0.484 e. The van der Waals surface area contributed by atoms with Crippen molar-refractivity contribution in [2.45, 2.75) is 58.5 Å². The van der Waals surface area contributed by atoms with Gasteiger partial charge in [0, 0.05) is 49.8 Å². The van der Waals surface area contributed by atoms with Crippen molar-refractivity contribution in [3.63, 3.8) is 0 Å². The highest BCUT2D eigenvalue weighted by Crippen LogP contribution is 2.25. The first-order valence-electron chi connectivity index (χ1n) is 13.7. The zero-order valence-electron chi connectivity index (χ0n) is 22.3. The Morgan fingerprint density at radius 1 is 1.05 bits per heavy atom. The second-order valence-corrected chi connectivity index (χ2v) is 9.71. The van der Waals surface area contributed by atoms with Gasteiger partial charge in [0.1, 0.15) is 11.6 Å². The number of imidazole rings is 1. The maximum absolute atomic E-state index is 13.4. The van der Waals surface area contributed by atoms with E-state index in [9.17, 15) is 9.59 Å². The van der Waals surface area contributed by atoms with E-state index < -0.39 is 0 Å². The van der Waals surface area contributed by atoms with Crippen LogP contribution in [0.25, 0.3) is 0 Å². The number of aromatic nitrogens is 2. The Balaban J connectivity index is 1.45. The number of anilines is 1. The van der Waals surface area contributed by atoms with Crippen molar-refractivity contribution in [1.29, 1.82) is 0 Å². The van der Waals surface area contributed by atoms with Crippen LogP contribution in [0.5, 0.6) is 5.75 Å². The van der Waals surface area contributed by atoms with Gasteiger partial charge in [0.05, 0.1) is 0 Å². The fourth-order valence-electron chi connectivity index (χ4n) is 4.72. The molecule has 2 N–H and O–H groups in total. The van der Waals surface area contributed by atoms with Crippen LogP contribution in [0.3, 0.4) is 0 Å². The number of benzene rings is 2. The number of ether oxygens (including phenoxy) is 1. The molecule has 0 radical (unpaired) electrons. The summed E-state index contributed by atoms with van der Waals surface area (Å²) in [7, 11) is 0. The zero-order chi connectivity index (χ0) is 26.6. The molecule has 0 bridgehead atoms. The number of hydrogen-bond donors (Lipinski definition) is 2. The van der Waals surface area contributed by atoms with Crippen molar-refractivity contribution in [2.24, 2.45) is 0 Å². The van der Waals surface area contributed by atoms with Crippen LogP contribution in [0.4, 0.5) is 5.69 Å². The van der Waals surface area contributed by atoms with Crippen LogP contribution < -0.4 is 20.3 Å². The second kappa shape index (κ2) is 14.3. The van der Waals surface area contributed by atoms with E-state index >= 15 is 0 Å². The normalized spacial score (nSPS) is 14.6. The summed E-state index contributed by atoms with van der Waals surface area (Å²) in [6, 6.07) is 15.0. The van der Waals surface area contributed by atoms with Crippen molar-refractivity contribution < 1.29 is 14.3 Å². The Bertz CT molecular complexity index is 1180. The summed E-state index contributed by atoms with van der Waals surface area (Å²) in [4.78, 5) is 32.4. The Morgan fingerprint density at radius 2 is 1.87 bits per heavy atom. The van der Waals surface area contributed by atoms with Crippen molar-refractivity contribution in [3.05, 3.63) is 77.9 Å². The number of carbonyl (C=O) groups is 2. The number of hydrogen-bond acceptors (Lipinski definition) is 5. The Morgan fingerprint density at radius 3 is 2.68 bits per heavy atom. The highest BCUT2D eigenvalue weighted by molar-refractivity contribution is 5.98. The molecule has 0 unspecified atom stereocenters. The van der Waals surface area contributed by atoms with Gasteiger partial charge >= 0.3 is 0 Å². The smallest absolute Gasteiger partial charge is 0.264 e. The third kappa shape index (κ3) is 7.92. The molecule has 2 heterocycles. The van der Waals surface area contributed by atoms with Crippen LogP contribution in [0, 0.1) is 6.92 Å². The summed E-state index contributed by atoms with van der Waals surface area (Å²) in [5.74, 6) is 1.45. The molecule has 0 saturated carbocycles. The lowest BCUT2D eigenvalue weighted by Gasteiger charge is -2.26. The van der Waals surface area contributed by atoms with Crippen LogP contribution in [0.15, 0.2) is 60.9 Å². The highest BCUT2D eigenvalue weighted by atomic mass is 16.5. The molecule has 0 atom stereocenters. The molecule has 0 aliphatic carbocycles. The average Bonchev–Trinajstić information content (AvgIpc) is 3.35. The molecule has 8 heteroatoms. The number of aryl methyl sites for hydroxylation is 2. The molecule has 4 rings (SSSR count). The number of nitrogens with zero attached hydrogens (tertiary/aromatic N) is 3. The molecule has 0 fully saturated rings. The lowest BCUT2D eigenvalue weighted by molar-refractivity contribution is -0.120. The van der Waals surface area contributed by atoms with Crippen molar-refractivity contribution in [1.82, 2.24) is 20.2 Å². The Kier molecular flexibility index (Phi) is 10.3. The molecule has 1 aromatic heterocycles. The minimum atomic E-state index is -0.105. The number of rotatable bonds is 8. The molecule has 2 amide bonds. The fraction of sp³-hybridized carbons (Fsp3) is 0.433. The van der Waals surface area contributed by atoms with Gasteiger partial charge in [0.2, 0.25) is 0 Å². The summed E-state index contributed by atoms with van der Waals surface area (Å²) < 4.78 is 7.86. The van der Waals surface area contributed by atoms with Gasteiger partial charge < -0.3 is 24.8 Å². The van der Waals surface area contributed by atoms with Gasteiger partial charge in [-0.2, -0.15) is 0 Å². The Labute approximate surface area is 225 Å². The van der Waals surface area contributed by atoms with E-state index in [1.165, 1.54) is 6.42 Å². The summed E-state index contributed by atoms with van der Waals surface area (Å²) in [6.45, 7) is 5.46. The lowest BCUT2D eigenvalue weighted by atomic mass is 10.0. The summed E-state index contributed by atoms with van der Waals surface area (Å²) >= 11 is 0. The van der Waals surface area contributed by atoms with Crippen molar-refractivity contribution in [3.8, 4) is 5.75 Å². The van der Waals surface area contributed by atoms with Crippen LogP contribution >= 0.6 is 0 Å². The van der Waals surface area contributed by atoms with Gasteiger partial charge in [-0.15, -0.1) is 0 Å². The van der Waals surface area contributed by atoms with E-state index in [-0.39, 0.29) is 18.4 Å². The van der Waals surface area contributed by atoms with Crippen LogP contribution in [0.1, 0.15) is 60.3 Å². The summed E-state index contributed by atoms with van der Waals surface area (Å²) in [5.41, 5.74) is 2.39. The molecule has 3 aromatic rings. The van der Waals surface area contributed by atoms with Crippen LogP contribution in [-0.2, 0) is 17.9 Å². The molecular formula is C30H39N5O3. The molecule has 1 aliphatic rings. The monoisotopic (exact) mass is 517 g/mol. The zero-order valence-corrected chi connectivity index (χ0v) is 22.3. The van der Waals surface area contributed by atoms with Crippen molar-refractivity contribution >= 4 is 17.5 Å². The lowest BCUT2D eigenvalue weighted by Crippen LogP contribution is -2.37. The topological polar surface area (TPSA) is 88.5 Å². The highest BCUT2D eigenvalue weighted by Gasteiger charge is 2.21. The van der Waals surface area contributed by atoms with Gasteiger partial charge in [-0.05, 0) is 68.6 Å². The molecule has 202 valence electrons. The van der Waals surface area contributed by atoms with Crippen molar-refractivity contribution in [2.75, 3.05) is 31.1 Å². The number of nitrogens with one attached hydrogen (secondary N) is 2. The average molecular weight is 518 g/mol. The predicted octanol–water partition coefficient (Wildman–Crippen LogP) is 4.48. The van der Waals surface area contributed by atoms with Gasteiger partial charge in [0.15, 0.2) is 6.61 Å². The maximum atomic E-state index is 13.4. The minimum absolute atomic E-state index is 0.0322.